The molecule has 3 aliphatic rings. The molecule has 0 aliphatic heterocycles. The molecule has 0 fully saturated rings. The van der Waals surface area contributed by atoms with Crippen molar-refractivity contribution in [3.8, 4) is 22.6 Å². The van der Waals surface area contributed by atoms with Crippen LogP contribution in [-0.4, -0.2) is 50.6 Å². The molecule has 0 spiro atoms. The molecule has 0 saturated carbocycles. The maximum absolute atomic E-state index is 13.8. The summed E-state index contributed by atoms with van der Waals surface area (Å²) in [5.41, 5.74) is 2.43. The minimum absolute atomic E-state index is 0.0386. The monoisotopic (exact) mass is 491 g/mol. The predicted molar refractivity (Wildman–Crippen MR) is 127 cm³/mol. The molecular formula is C27H25NO8. The number of Topliss-reactive ketones (excluding diaryl/α,β-unsaturated/α-hetero) is 2. The largest absolute Gasteiger partial charge is 0.511 e. The van der Waals surface area contributed by atoms with Gasteiger partial charge in [-0.15, -0.1) is 0 Å². The molecule has 1 amide bonds. The molecule has 0 saturated heterocycles. The third-order valence-electron chi connectivity index (χ3n) is 7.75. The number of para-hydroxylation sites is 1. The number of methoxy groups -OCH3 is 1. The number of aliphatic hydroxyl groups excluding tert-OH is 2. The molecule has 9 nitrogen and oxygen atoms in total. The van der Waals surface area contributed by atoms with Crippen molar-refractivity contribution in [2.75, 3.05) is 7.11 Å². The summed E-state index contributed by atoms with van der Waals surface area (Å²) in [4.78, 5) is 38.8. The Morgan fingerprint density at radius 3 is 2.44 bits per heavy atom. The average Bonchev–Trinajstić information content (AvgIpc) is 2.81. The number of carbonyl (C=O) groups excluding carboxylic acids is 3. The van der Waals surface area contributed by atoms with Gasteiger partial charge in [0.15, 0.2) is 11.4 Å². The van der Waals surface area contributed by atoms with Gasteiger partial charge in [0.1, 0.15) is 28.6 Å². The molecule has 0 heterocycles. The number of fused-ring (bicyclic) bond motifs is 3. The van der Waals surface area contributed by atoms with Gasteiger partial charge in [0.25, 0.3) is 5.91 Å². The smallest absolute Gasteiger partial charge is 0.255 e. The van der Waals surface area contributed by atoms with Crippen LogP contribution in [0.2, 0.25) is 0 Å². The van der Waals surface area contributed by atoms with E-state index in [4.69, 9.17) is 10.5 Å². The molecule has 3 aliphatic carbocycles. The number of allylic oxidation sites excluding steroid dienone is 2. The summed E-state index contributed by atoms with van der Waals surface area (Å²) in [5.74, 6) is -5.41. The second-order valence-electron chi connectivity index (χ2n) is 9.86. The molecule has 0 unspecified atom stereocenters. The zero-order chi connectivity index (χ0) is 26.2. The molecule has 9 heteroatoms. The molecule has 0 bridgehead atoms. The van der Waals surface area contributed by atoms with Gasteiger partial charge < -0.3 is 30.9 Å². The highest BCUT2D eigenvalue weighted by Gasteiger charge is 2.62. The Bertz CT molecular complexity index is 1440. The number of rotatable bonds is 3. The van der Waals surface area contributed by atoms with Crippen LogP contribution in [0.1, 0.15) is 35.7 Å². The maximum atomic E-state index is 13.8. The lowest BCUT2D eigenvalue weighted by Crippen LogP contribution is -2.59. The Morgan fingerprint density at radius 1 is 1.08 bits per heavy atom. The molecular weight excluding hydrogens is 466 g/mol. The Hall–Kier alpha value is -4.11. The van der Waals surface area contributed by atoms with Crippen LogP contribution < -0.4 is 10.5 Å². The van der Waals surface area contributed by atoms with E-state index >= 15 is 0 Å². The quantitative estimate of drug-likeness (QED) is 0.408. The van der Waals surface area contributed by atoms with Crippen molar-refractivity contribution < 1.29 is 39.5 Å². The first-order valence-corrected chi connectivity index (χ1v) is 11.4. The summed E-state index contributed by atoms with van der Waals surface area (Å²) in [7, 11) is 1.53. The fourth-order valence-corrected chi connectivity index (χ4v) is 6.14. The molecule has 36 heavy (non-hydrogen) atoms. The zero-order valence-corrected chi connectivity index (χ0v) is 19.7. The summed E-state index contributed by atoms with van der Waals surface area (Å²) in [5, 5.41) is 43.7. The minimum atomic E-state index is -2.60. The molecule has 2 aromatic rings. The summed E-state index contributed by atoms with van der Waals surface area (Å²) in [6.45, 7) is 1.73. The van der Waals surface area contributed by atoms with Crippen LogP contribution >= 0.6 is 0 Å². The van der Waals surface area contributed by atoms with E-state index in [1.54, 1.807) is 19.1 Å². The minimum Gasteiger partial charge on any atom is -0.511 e. The van der Waals surface area contributed by atoms with Crippen LogP contribution in [0, 0.1) is 11.3 Å². The molecule has 186 valence electrons. The fraction of sp³-hybridized carbons (Fsp3) is 0.296. The summed E-state index contributed by atoms with van der Waals surface area (Å²) >= 11 is 0. The number of phenols is 1. The van der Waals surface area contributed by atoms with Gasteiger partial charge in [-0.1, -0.05) is 31.2 Å². The van der Waals surface area contributed by atoms with E-state index < -0.39 is 51.5 Å². The second kappa shape index (κ2) is 7.69. The molecule has 3 atom stereocenters. The topological polar surface area (TPSA) is 167 Å². The molecule has 5 rings (SSSR count). The van der Waals surface area contributed by atoms with E-state index in [2.05, 4.69) is 0 Å². The normalized spacial score (nSPS) is 27.4. The lowest BCUT2D eigenvalue weighted by atomic mass is 9.54. The number of benzene rings is 2. The van der Waals surface area contributed by atoms with Gasteiger partial charge in [0.2, 0.25) is 5.78 Å². The van der Waals surface area contributed by atoms with Crippen LogP contribution in [0.3, 0.4) is 0 Å². The predicted octanol–water partition coefficient (Wildman–Crippen LogP) is 2.65. The van der Waals surface area contributed by atoms with Gasteiger partial charge in [-0.05, 0) is 36.1 Å². The zero-order valence-electron chi connectivity index (χ0n) is 19.7. The van der Waals surface area contributed by atoms with Crippen molar-refractivity contribution in [2.24, 2.45) is 17.1 Å². The van der Waals surface area contributed by atoms with Crippen molar-refractivity contribution in [2.45, 2.75) is 31.8 Å². The van der Waals surface area contributed by atoms with Crippen molar-refractivity contribution in [3.63, 3.8) is 0 Å². The number of amides is 1. The number of nitrogens with two attached hydrogens (primary N) is 1. The maximum Gasteiger partial charge on any atom is 0.255 e. The van der Waals surface area contributed by atoms with Crippen LogP contribution in [0.25, 0.3) is 11.1 Å². The van der Waals surface area contributed by atoms with Crippen LogP contribution in [-0.2, 0) is 16.0 Å². The standard InChI is InChI=1S/C27H25NO8/c1-26-10-12-9-17(30)20(25(28)34)23(32)27(12,35)24(33)21(26)22(31)19-15(11-26)13(7-8-16(19)29)14-5-3-4-6-18(14)36-2/h3-8,12,29-30,33,35H,9-11H2,1-2H3,(H2,28,34)/t12-,26-,27-/m1/s1. The van der Waals surface area contributed by atoms with E-state index in [1.165, 1.54) is 13.2 Å². The molecule has 0 radical (unpaired) electrons. The van der Waals surface area contributed by atoms with Gasteiger partial charge in [-0.2, -0.15) is 0 Å². The Balaban J connectivity index is 1.75. The average molecular weight is 491 g/mol. The van der Waals surface area contributed by atoms with E-state index in [9.17, 15) is 34.8 Å². The summed E-state index contributed by atoms with van der Waals surface area (Å²) in [6, 6.07) is 10.3. The lowest BCUT2D eigenvalue weighted by molar-refractivity contribution is -0.145. The highest BCUT2D eigenvalue weighted by Crippen LogP contribution is 2.57. The number of phenolic OH excluding ortho intramolecular Hbond substituents is 1. The number of ketones is 2. The SMILES string of the molecule is COc1ccccc1-c1ccc(O)c2c1C[C@@]1(C)C[C@H]3CC(O)=C(C(N)=O)C(=O)[C@@]3(O)C(O)=C1C2=O. The van der Waals surface area contributed by atoms with E-state index in [0.717, 1.165) is 0 Å². The number of aromatic hydroxyl groups is 1. The van der Waals surface area contributed by atoms with Gasteiger partial charge >= 0.3 is 0 Å². The van der Waals surface area contributed by atoms with Crippen molar-refractivity contribution in [3.05, 3.63) is 70.2 Å². The number of hydrogen-bond donors (Lipinski definition) is 5. The van der Waals surface area contributed by atoms with E-state index in [1.807, 2.05) is 18.2 Å². The van der Waals surface area contributed by atoms with Gasteiger partial charge in [-0.25, -0.2) is 0 Å². The number of aliphatic hydroxyl groups is 3. The van der Waals surface area contributed by atoms with E-state index in [0.29, 0.717) is 22.4 Å². The first-order chi connectivity index (χ1) is 17.0. The number of hydrogen-bond acceptors (Lipinski definition) is 8. The Kier molecular flexibility index (Phi) is 5.05. The van der Waals surface area contributed by atoms with Gasteiger partial charge in [0.05, 0.1) is 12.7 Å². The van der Waals surface area contributed by atoms with Gasteiger partial charge in [0, 0.05) is 28.9 Å². The number of carbonyl (C=O) groups is 3. The van der Waals surface area contributed by atoms with Crippen LogP contribution in [0.4, 0.5) is 0 Å². The third kappa shape index (κ3) is 2.95. The Labute approximate surface area is 206 Å². The number of ether oxygens (including phenoxy) is 1. The van der Waals surface area contributed by atoms with Crippen molar-refractivity contribution >= 4 is 17.5 Å². The second-order valence-corrected chi connectivity index (χ2v) is 9.86. The highest BCUT2D eigenvalue weighted by atomic mass is 16.5. The van der Waals surface area contributed by atoms with Crippen molar-refractivity contribution in [1.82, 2.24) is 0 Å². The van der Waals surface area contributed by atoms with Crippen molar-refractivity contribution in [1.29, 1.82) is 0 Å². The molecule has 6 N–H and O–H groups in total. The molecule has 2 aromatic carbocycles. The Morgan fingerprint density at radius 2 is 1.78 bits per heavy atom. The van der Waals surface area contributed by atoms with Gasteiger partial charge in [-0.3, -0.25) is 14.4 Å². The fourth-order valence-electron chi connectivity index (χ4n) is 6.14. The number of primary amides is 1. The van der Waals surface area contributed by atoms with E-state index in [-0.39, 0.29) is 36.1 Å². The third-order valence-corrected chi connectivity index (χ3v) is 7.75. The molecule has 0 aromatic heterocycles. The van der Waals surface area contributed by atoms with Crippen LogP contribution in [0.15, 0.2) is 59.1 Å². The summed E-state index contributed by atoms with van der Waals surface area (Å²) in [6.07, 6.45) is -0.0615. The highest BCUT2D eigenvalue weighted by molar-refractivity contribution is 6.24. The summed E-state index contributed by atoms with van der Waals surface area (Å²) < 4.78 is 5.50. The lowest BCUT2D eigenvalue weighted by Gasteiger charge is -2.50. The first kappa shape index (κ1) is 23.6. The first-order valence-electron chi connectivity index (χ1n) is 11.4. The van der Waals surface area contributed by atoms with Crippen LogP contribution in [0.5, 0.6) is 11.5 Å².